The molecular weight excluding hydrogens is 249 g/mol. The van der Waals surface area contributed by atoms with E-state index in [1.165, 1.54) is 6.07 Å². The van der Waals surface area contributed by atoms with Crippen LogP contribution in [0.4, 0.5) is 4.39 Å². The molecule has 2 heteroatoms. The topological polar surface area (TPSA) is 23.8 Å². The maximum absolute atomic E-state index is 13.2. The monoisotopic (exact) mass is 273 g/mol. The highest BCUT2D eigenvalue weighted by molar-refractivity contribution is 5.29. The lowest BCUT2D eigenvalue weighted by molar-refractivity contribution is 0.174. The predicted octanol–water partition coefficient (Wildman–Crippen LogP) is 5.03. The van der Waals surface area contributed by atoms with Gasteiger partial charge in [-0.25, -0.2) is 4.39 Å². The molecule has 1 aliphatic rings. The van der Waals surface area contributed by atoms with Gasteiger partial charge >= 0.3 is 0 Å². The first-order valence-corrected chi connectivity index (χ1v) is 7.62. The minimum Gasteiger partial charge on any atom is -0.207 e. The molecule has 0 bridgehead atoms. The second kappa shape index (κ2) is 5.95. The third kappa shape index (κ3) is 3.20. The molecule has 1 aromatic carbocycles. The van der Waals surface area contributed by atoms with Crippen molar-refractivity contribution < 1.29 is 4.39 Å². The second-order valence-corrected chi connectivity index (χ2v) is 6.72. The van der Waals surface area contributed by atoms with Crippen LogP contribution in [0.2, 0.25) is 0 Å². The molecule has 0 spiro atoms. The normalized spacial score (nSPS) is 26.5. The Bertz CT molecular complexity index is 505. The lowest BCUT2D eigenvalue weighted by Gasteiger charge is -2.37. The summed E-state index contributed by atoms with van der Waals surface area (Å²) in [7, 11) is 0. The van der Waals surface area contributed by atoms with E-state index in [0.29, 0.717) is 5.92 Å². The molecule has 1 saturated carbocycles. The number of benzene rings is 1. The summed E-state index contributed by atoms with van der Waals surface area (Å²) in [6.07, 6.45) is 5.00. The van der Waals surface area contributed by atoms with Crippen molar-refractivity contribution in [1.82, 2.24) is 0 Å². The van der Waals surface area contributed by atoms with Gasteiger partial charge < -0.3 is 0 Å². The van der Waals surface area contributed by atoms with E-state index in [0.717, 1.165) is 49.1 Å². The number of nitrogens with zero attached hydrogens (tertiary/aromatic N) is 1. The second-order valence-electron chi connectivity index (χ2n) is 6.72. The zero-order valence-electron chi connectivity index (χ0n) is 12.7. The van der Waals surface area contributed by atoms with Crippen LogP contribution in [0.3, 0.4) is 0 Å². The van der Waals surface area contributed by atoms with Gasteiger partial charge in [0, 0.05) is 0 Å². The van der Waals surface area contributed by atoms with Crippen LogP contribution in [0.15, 0.2) is 18.2 Å². The summed E-state index contributed by atoms with van der Waals surface area (Å²) in [6.45, 7) is 6.48. The molecule has 0 aromatic heterocycles. The van der Waals surface area contributed by atoms with Crippen molar-refractivity contribution in [2.24, 2.45) is 17.3 Å². The molecule has 0 N–H and O–H groups in total. The van der Waals surface area contributed by atoms with Gasteiger partial charge in [0.2, 0.25) is 0 Å². The van der Waals surface area contributed by atoms with Gasteiger partial charge in [-0.3, -0.25) is 0 Å². The van der Waals surface area contributed by atoms with Crippen LogP contribution >= 0.6 is 0 Å². The fourth-order valence-corrected chi connectivity index (χ4v) is 3.41. The van der Waals surface area contributed by atoms with Crippen molar-refractivity contribution in [2.45, 2.75) is 52.9 Å². The Morgan fingerprint density at radius 1 is 1.35 bits per heavy atom. The smallest absolute Gasteiger partial charge is 0.123 e. The van der Waals surface area contributed by atoms with Crippen LogP contribution < -0.4 is 0 Å². The minimum absolute atomic E-state index is 0.194. The van der Waals surface area contributed by atoms with Crippen LogP contribution in [-0.4, -0.2) is 0 Å². The zero-order valence-corrected chi connectivity index (χ0v) is 12.7. The molecule has 1 fully saturated rings. The number of aryl methyl sites for hydroxylation is 1. The molecule has 0 unspecified atom stereocenters. The molecule has 0 atom stereocenters. The fraction of sp³-hybridized carbons (Fsp3) is 0.611. The van der Waals surface area contributed by atoms with Crippen molar-refractivity contribution in [2.75, 3.05) is 0 Å². The van der Waals surface area contributed by atoms with Gasteiger partial charge in [0.05, 0.1) is 11.5 Å². The largest absolute Gasteiger partial charge is 0.207 e. The molecule has 2 rings (SSSR count). The lowest BCUT2D eigenvalue weighted by atomic mass is 9.66. The van der Waals surface area contributed by atoms with Crippen LogP contribution in [0.1, 0.15) is 50.7 Å². The number of nitriles is 1. The Balaban J connectivity index is 2.12. The standard InChI is InChI=1S/C18H24FN/c1-13(2)15-6-8-18(12-20,9-7-15)11-16-4-5-17(19)10-14(16)3/h4-5,10,13,15H,6-9,11H2,1-3H3. The Labute approximate surface area is 121 Å². The van der Waals surface area contributed by atoms with Crippen LogP contribution in [0.5, 0.6) is 0 Å². The summed E-state index contributed by atoms with van der Waals surface area (Å²) >= 11 is 0. The molecule has 108 valence electrons. The van der Waals surface area contributed by atoms with Gasteiger partial charge in [-0.05, 0) is 74.1 Å². The quantitative estimate of drug-likeness (QED) is 0.757. The van der Waals surface area contributed by atoms with E-state index in [2.05, 4.69) is 19.9 Å². The molecule has 1 nitrogen and oxygen atoms in total. The number of hydrogen-bond donors (Lipinski definition) is 0. The maximum atomic E-state index is 13.2. The highest BCUT2D eigenvalue weighted by atomic mass is 19.1. The van der Waals surface area contributed by atoms with E-state index in [1.807, 2.05) is 13.0 Å². The number of halogens is 1. The predicted molar refractivity (Wildman–Crippen MR) is 79.7 cm³/mol. The van der Waals surface area contributed by atoms with Crippen LogP contribution in [0.25, 0.3) is 0 Å². The Hall–Kier alpha value is -1.36. The molecule has 0 aliphatic heterocycles. The Morgan fingerprint density at radius 3 is 2.50 bits per heavy atom. The molecule has 0 heterocycles. The van der Waals surface area contributed by atoms with Gasteiger partial charge in [-0.1, -0.05) is 19.9 Å². The van der Waals surface area contributed by atoms with Gasteiger partial charge in [0.25, 0.3) is 0 Å². The number of rotatable bonds is 3. The molecule has 0 amide bonds. The fourth-order valence-electron chi connectivity index (χ4n) is 3.41. The molecule has 1 aromatic rings. The highest BCUT2D eigenvalue weighted by Gasteiger charge is 2.36. The van der Waals surface area contributed by atoms with Crippen LogP contribution in [-0.2, 0) is 6.42 Å². The van der Waals surface area contributed by atoms with Gasteiger partial charge in [0.1, 0.15) is 5.82 Å². The third-order valence-electron chi connectivity index (χ3n) is 5.00. The van der Waals surface area contributed by atoms with Gasteiger partial charge in [-0.2, -0.15) is 5.26 Å². The first-order chi connectivity index (χ1) is 9.46. The maximum Gasteiger partial charge on any atom is 0.123 e. The number of hydrogen-bond acceptors (Lipinski definition) is 1. The Kier molecular flexibility index (Phi) is 4.48. The van der Waals surface area contributed by atoms with Crippen molar-refractivity contribution in [3.8, 4) is 6.07 Å². The van der Waals surface area contributed by atoms with E-state index in [1.54, 1.807) is 6.07 Å². The molecule has 1 aliphatic carbocycles. The lowest BCUT2D eigenvalue weighted by Crippen LogP contribution is -2.30. The third-order valence-corrected chi connectivity index (χ3v) is 5.00. The minimum atomic E-state index is -0.242. The summed E-state index contributed by atoms with van der Waals surface area (Å²) in [5.41, 5.74) is 1.84. The van der Waals surface area contributed by atoms with E-state index in [4.69, 9.17) is 0 Å². The molecule has 0 radical (unpaired) electrons. The van der Waals surface area contributed by atoms with E-state index in [-0.39, 0.29) is 11.2 Å². The summed E-state index contributed by atoms with van der Waals surface area (Å²) in [5, 5.41) is 9.65. The summed E-state index contributed by atoms with van der Waals surface area (Å²) in [5.74, 6) is 1.27. The average molecular weight is 273 g/mol. The molecule has 20 heavy (non-hydrogen) atoms. The summed E-state index contributed by atoms with van der Waals surface area (Å²) < 4.78 is 13.2. The van der Waals surface area contributed by atoms with E-state index < -0.39 is 0 Å². The van der Waals surface area contributed by atoms with E-state index in [9.17, 15) is 9.65 Å². The van der Waals surface area contributed by atoms with Gasteiger partial charge in [0.15, 0.2) is 0 Å². The first kappa shape index (κ1) is 15.0. The molecular formula is C18H24FN. The highest BCUT2D eigenvalue weighted by Crippen LogP contribution is 2.43. The SMILES string of the molecule is Cc1cc(F)ccc1CC1(C#N)CCC(C(C)C)CC1. The van der Waals surface area contributed by atoms with Crippen molar-refractivity contribution >= 4 is 0 Å². The summed E-state index contributed by atoms with van der Waals surface area (Å²) in [6, 6.07) is 7.50. The summed E-state index contributed by atoms with van der Waals surface area (Å²) in [4.78, 5) is 0. The van der Waals surface area contributed by atoms with E-state index >= 15 is 0 Å². The molecule has 0 saturated heterocycles. The van der Waals surface area contributed by atoms with Gasteiger partial charge in [-0.15, -0.1) is 0 Å². The van der Waals surface area contributed by atoms with Crippen LogP contribution in [0, 0.1) is 41.3 Å². The van der Waals surface area contributed by atoms with Crippen molar-refractivity contribution in [3.05, 3.63) is 35.1 Å². The van der Waals surface area contributed by atoms with Crippen molar-refractivity contribution in [1.29, 1.82) is 5.26 Å². The Morgan fingerprint density at radius 2 is 2.00 bits per heavy atom. The average Bonchev–Trinajstić information content (AvgIpc) is 2.42. The zero-order chi connectivity index (χ0) is 14.8. The van der Waals surface area contributed by atoms with Crippen molar-refractivity contribution in [3.63, 3.8) is 0 Å². The first-order valence-electron chi connectivity index (χ1n) is 7.62.